The lowest BCUT2D eigenvalue weighted by Crippen LogP contribution is -2.60. The van der Waals surface area contributed by atoms with E-state index in [1.54, 1.807) is 18.9 Å². The molecule has 2 heterocycles. The Hall–Kier alpha value is -1.10. The van der Waals surface area contributed by atoms with Gasteiger partial charge in [-0.3, -0.25) is 14.5 Å². The average molecular weight is 240 g/mol. The first-order valence-corrected chi connectivity index (χ1v) is 6.22. The number of aliphatic carboxylic acids is 1. The van der Waals surface area contributed by atoms with Gasteiger partial charge in [-0.05, 0) is 32.6 Å². The molecule has 2 aliphatic rings. The zero-order valence-corrected chi connectivity index (χ0v) is 10.5. The molecule has 0 aromatic heterocycles. The zero-order chi connectivity index (χ0) is 12.6. The van der Waals surface area contributed by atoms with Crippen molar-refractivity contribution in [3.05, 3.63) is 0 Å². The van der Waals surface area contributed by atoms with Gasteiger partial charge in [-0.1, -0.05) is 0 Å². The molecule has 17 heavy (non-hydrogen) atoms. The molecule has 0 radical (unpaired) electrons. The lowest BCUT2D eigenvalue weighted by Gasteiger charge is -2.44. The minimum atomic E-state index is -0.871. The Kier molecular flexibility index (Phi) is 3.12. The molecule has 2 unspecified atom stereocenters. The van der Waals surface area contributed by atoms with Crippen LogP contribution in [0, 0.1) is 0 Å². The summed E-state index contributed by atoms with van der Waals surface area (Å²) in [5, 5.41) is 9.41. The zero-order valence-electron chi connectivity index (χ0n) is 10.5. The van der Waals surface area contributed by atoms with Crippen LogP contribution in [-0.4, -0.2) is 58.5 Å². The van der Waals surface area contributed by atoms with Crippen molar-refractivity contribution in [1.82, 2.24) is 9.80 Å². The molecule has 0 aromatic carbocycles. The van der Waals surface area contributed by atoms with Gasteiger partial charge < -0.3 is 10.0 Å². The minimum Gasteiger partial charge on any atom is -0.480 e. The first-order chi connectivity index (χ1) is 7.97. The molecule has 2 fully saturated rings. The quantitative estimate of drug-likeness (QED) is 0.765. The van der Waals surface area contributed by atoms with Crippen LogP contribution in [0.25, 0.3) is 0 Å². The maximum absolute atomic E-state index is 12.0. The summed E-state index contributed by atoms with van der Waals surface area (Å²) in [4.78, 5) is 27.1. The molecule has 0 bridgehead atoms. The molecule has 2 saturated heterocycles. The molecule has 2 atom stereocenters. The summed E-state index contributed by atoms with van der Waals surface area (Å²) in [6.45, 7) is 3.20. The summed E-state index contributed by atoms with van der Waals surface area (Å²) in [5.74, 6) is -0.737. The number of amides is 1. The largest absolute Gasteiger partial charge is 0.480 e. The van der Waals surface area contributed by atoms with E-state index in [4.69, 9.17) is 0 Å². The fourth-order valence-electron chi connectivity index (χ4n) is 2.96. The van der Waals surface area contributed by atoms with Crippen LogP contribution in [0.1, 0.15) is 32.6 Å². The number of carbonyl (C=O) groups is 2. The standard InChI is InChI=1S/C12H20N2O3/c1-12(11(16)17)6-3-4-7-14(12)9-5-8-13(2)10(9)15/h9H,3-8H2,1-2H3,(H,16,17). The maximum Gasteiger partial charge on any atom is 0.323 e. The monoisotopic (exact) mass is 240 g/mol. The number of rotatable bonds is 2. The van der Waals surface area contributed by atoms with Crippen LogP contribution in [0.5, 0.6) is 0 Å². The lowest BCUT2D eigenvalue weighted by atomic mass is 9.86. The van der Waals surface area contributed by atoms with Crippen LogP contribution in [-0.2, 0) is 9.59 Å². The Balaban J connectivity index is 2.23. The van der Waals surface area contributed by atoms with Crippen molar-refractivity contribution in [1.29, 1.82) is 0 Å². The fraction of sp³-hybridized carbons (Fsp3) is 0.833. The number of likely N-dealkylation sites (tertiary alicyclic amines) is 2. The van der Waals surface area contributed by atoms with Gasteiger partial charge in [0.1, 0.15) is 5.54 Å². The highest BCUT2D eigenvalue weighted by Crippen LogP contribution is 2.33. The fourth-order valence-corrected chi connectivity index (χ4v) is 2.96. The number of hydrogen-bond donors (Lipinski definition) is 1. The van der Waals surface area contributed by atoms with Crippen molar-refractivity contribution in [3.8, 4) is 0 Å². The highest BCUT2D eigenvalue weighted by molar-refractivity contribution is 5.86. The predicted molar refractivity (Wildman–Crippen MR) is 62.6 cm³/mol. The molecule has 5 heteroatoms. The maximum atomic E-state index is 12.0. The van der Waals surface area contributed by atoms with E-state index in [2.05, 4.69) is 0 Å². The SMILES string of the molecule is CN1CCC(N2CCCCC2(C)C(=O)O)C1=O. The number of piperidine rings is 1. The van der Waals surface area contributed by atoms with Gasteiger partial charge >= 0.3 is 5.97 Å². The summed E-state index contributed by atoms with van der Waals surface area (Å²) >= 11 is 0. The van der Waals surface area contributed by atoms with Crippen molar-refractivity contribution in [2.75, 3.05) is 20.1 Å². The van der Waals surface area contributed by atoms with Gasteiger partial charge in [0, 0.05) is 20.1 Å². The first-order valence-electron chi connectivity index (χ1n) is 6.22. The van der Waals surface area contributed by atoms with Gasteiger partial charge in [-0.15, -0.1) is 0 Å². The Morgan fingerprint density at radius 2 is 2.12 bits per heavy atom. The number of carboxylic acid groups (broad SMARTS) is 1. The molecular formula is C12H20N2O3. The number of likely N-dealkylation sites (N-methyl/N-ethyl adjacent to an activating group) is 1. The van der Waals surface area contributed by atoms with Crippen LogP contribution in [0.4, 0.5) is 0 Å². The molecule has 2 rings (SSSR count). The van der Waals surface area contributed by atoms with E-state index in [0.717, 1.165) is 25.8 Å². The van der Waals surface area contributed by atoms with Crippen LogP contribution < -0.4 is 0 Å². The van der Waals surface area contributed by atoms with E-state index in [1.165, 1.54) is 0 Å². The molecule has 5 nitrogen and oxygen atoms in total. The summed E-state index contributed by atoms with van der Waals surface area (Å²) in [6.07, 6.45) is 3.29. The molecule has 96 valence electrons. The summed E-state index contributed by atoms with van der Waals surface area (Å²) in [7, 11) is 1.78. The second-order valence-electron chi connectivity index (χ2n) is 5.29. The Morgan fingerprint density at radius 3 is 2.65 bits per heavy atom. The summed E-state index contributed by atoms with van der Waals surface area (Å²) in [6, 6.07) is -0.235. The Morgan fingerprint density at radius 1 is 1.41 bits per heavy atom. The van der Waals surface area contributed by atoms with Gasteiger partial charge in [-0.2, -0.15) is 0 Å². The molecule has 1 amide bonds. The Labute approximate surface area is 101 Å². The smallest absolute Gasteiger partial charge is 0.323 e. The molecule has 0 spiro atoms. The van der Waals surface area contributed by atoms with Gasteiger partial charge in [0.2, 0.25) is 5.91 Å². The van der Waals surface area contributed by atoms with Gasteiger partial charge in [0.15, 0.2) is 0 Å². The molecule has 2 aliphatic heterocycles. The van der Waals surface area contributed by atoms with E-state index >= 15 is 0 Å². The van der Waals surface area contributed by atoms with Crippen LogP contribution in [0.15, 0.2) is 0 Å². The van der Waals surface area contributed by atoms with Gasteiger partial charge in [0.05, 0.1) is 6.04 Å². The number of hydrogen-bond acceptors (Lipinski definition) is 3. The minimum absolute atomic E-state index is 0.0689. The molecule has 0 aromatic rings. The third-order valence-corrected chi connectivity index (χ3v) is 4.18. The molecule has 0 aliphatic carbocycles. The second kappa shape index (κ2) is 4.29. The third-order valence-electron chi connectivity index (χ3n) is 4.18. The average Bonchev–Trinajstić information content (AvgIpc) is 2.61. The molecule has 1 N–H and O–H groups in total. The lowest BCUT2D eigenvalue weighted by molar-refractivity contribution is -0.156. The van der Waals surface area contributed by atoms with E-state index in [9.17, 15) is 14.7 Å². The molecular weight excluding hydrogens is 220 g/mol. The third kappa shape index (κ3) is 1.92. The van der Waals surface area contributed by atoms with Crippen LogP contribution in [0.3, 0.4) is 0 Å². The topological polar surface area (TPSA) is 60.9 Å². The summed E-state index contributed by atoms with van der Waals surface area (Å²) in [5.41, 5.74) is -0.871. The van der Waals surface area contributed by atoms with Crippen LogP contribution >= 0.6 is 0 Å². The number of carboxylic acids is 1. The number of nitrogens with zero attached hydrogens (tertiary/aromatic N) is 2. The van der Waals surface area contributed by atoms with Gasteiger partial charge in [0.25, 0.3) is 0 Å². The van der Waals surface area contributed by atoms with Crippen molar-refractivity contribution in [2.24, 2.45) is 0 Å². The highest BCUT2D eigenvalue weighted by Gasteiger charge is 2.48. The van der Waals surface area contributed by atoms with Crippen molar-refractivity contribution < 1.29 is 14.7 Å². The predicted octanol–water partition coefficient (Wildman–Crippen LogP) is 0.546. The van der Waals surface area contributed by atoms with Gasteiger partial charge in [-0.25, -0.2) is 0 Å². The van der Waals surface area contributed by atoms with Crippen LogP contribution in [0.2, 0.25) is 0 Å². The molecule has 0 saturated carbocycles. The van der Waals surface area contributed by atoms with Crippen molar-refractivity contribution in [2.45, 2.75) is 44.2 Å². The highest BCUT2D eigenvalue weighted by atomic mass is 16.4. The first kappa shape index (κ1) is 12.4. The number of carbonyl (C=O) groups excluding carboxylic acids is 1. The van der Waals surface area contributed by atoms with E-state index in [1.807, 2.05) is 4.90 Å². The second-order valence-corrected chi connectivity index (χ2v) is 5.29. The van der Waals surface area contributed by atoms with E-state index in [-0.39, 0.29) is 11.9 Å². The van der Waals surface area contributed by atoms with Crippen molar-refractivity contribution >= 4 is 11.9 Å². The Bertz CT molecular complexity index is 345. The van der Waals surface area contributed by atoms with Crippen molar-refractivity contribution in [3.63, 3.8) is 0 Å². The van der Waals surface area contributed by atoms with E-state index < -0.39 is 11.5 Å². The summed E-state index contributed by atoms with van der Waals surface area (Å²) < 4.78 is 0. The van der Waals surface area contributed by atoms with E-state index in [0.29, 0.717) is 13.0 Å². The normalized spacial score (nSPS) is 35.3.